The molecule has 1 aliphatic carbocycles. The number of halogens is 1. The standard InChI is InChI=1S/C18H29FN2/c1-14(2)12-21(17-6-4-5-7-17)13-16-10-15(11-20-3)8-9-18(16)19/h8-10,14,17,20H,4-7,11-13H2,1-3H3. The molecule has 0 atom stereocenters. The van der Waals surface area contributed by atoms with Crippen molar-refractivity contribution in [2.45, 2.75) is 58.7 Å². The van der Waals surface area contributed by atoms with E-state index in [-0.39, 0.29) is 5.82 Å². The Morgan fingerprint density at radius 3 is 2.62 bits per heavy atom. The third-order valence-electron chi connectivity index (χ3n) is 4.31. The molecular formula is C18H29FN2. The Morgan fingerprint density at radius 1 is 1.29 bits per heavy atom. The highest BCUT2D eigenvalue weighted by atomic mass is 19.1. The van der Waals surface area contributed by atoms with Crippen LogP contribution in [0, 0.1) is 11.7 Å². The lowest BCUT2D eigenvalue weighted by molar-refractivity contribution is 0.166. The third-order valence-corrected chi connectivity index (χ3v) is 4.31. The van der Waals surface area contributed by atoms with Crippen LogP contribution >= 0.6 is 0 Å². The van der Waals surface area contributed by atoms with Crippen LogP contribution in [-0.2, 0) is 13.1 Å². The lowest BCUT2D eigenvalue weighted by atomic mass is 10.1. The summed E-state index contributed by atoms with van der Waals surface area (Å²) in [5.74, 6) is 0.552. The zero-order valence-electron chi connectivity index (χ0n) is 13.7. The molecule has 0 aromatic heterocycles. The molecule has 1 fully saturated rings. The van der Waals surface area contributed by atoms with Crippen molar-refractivity contribution in [3.8, 4) is 0 Å². The molecule has 21 heavy (non-hydrogen) atoms. The highest BCUT2D eigenvalue weighted by Gasteiger charge is 2.24. The van der Waals surface area contributed by atoms with E-state index in [1.165, 1.54) is 25.7 Å². The van der Waals surface area contributed by atoms with Gasteiger partial charge < -0.3 is 5.32 Å². The number of nitrogens with zero attached hydrogens (tertiary/aromatic N) is 1. The van der Waals surface area contributed by atoms with Crippen LogP contribution in [0.3, 0.4) is 0 Å². The van der Waals surface area contributed by atoms with Crippen LogP contribution in [0.15, 0.2) is 18.2 Å². The van der Waals surface area contributed by atoms with Gasteiger partial charge in [-0.05, 0) is 37.4 Å². The zero-order chi connectivity index (χ0) is 15.2. The SMILES string of the molecule is CNCc1ccc(F)c(CN(CC(C)C)C2CCCC2)c1. The average Bonchev–Trinajstić information content (AvgIpc) is 2.95. The highest BCUT2D eigenvalue weighted by Crippen LogP contribution is 2.26. The summed E-state index contributed by atoms with van der Waals surface area (Å²) in [6, 6.07) is 6.15. The molecule has 1 N–H and O–H groups in total. The number of hydrogen-bond donors (Lipinski definition) is 1. The molecular weight excluding hydrogens is 263 g/mol. The number of hydrogen-bond acceptors (Lipinski definition) is 2. The summed E-state index contributed by atoms with van der Waals surface area (Å²) in [7, 11) is 1.92. The molecule has 2 nitrogen and oxygen atoms in total. The number of nitrogens with one attached hydrogen (secondary N) is 1. The number of rotatable bonds is 7. The maximum absolute atomic E-state index is 14.1. The van der Waals surface area contributed by atoms with Crippen molar-refractivity contribution in [3.05, 3.63) is 35.1 Å². The van der Waals surface area contributed by atoms with Crippen LogP contribution in [0.5, 0.6) is 0 Å². The molecule has 0 saturated heterocycles. The summed E-state index contributed by atoms with van der Waals surface area (Å²) in [5.41, 5.74) is 2.00. The highest BCUT2D eigenvalue weighted by molar-refractivity contribution is 5.25. The van der Waals surface area contributed by atoms with E-state index >= 15 is 0 Å². The fraction of sp³-hybridized carbons (Fsp3) is 0.667. The molecule has 0 aliphatic heterocycles. The van der Waals surface area contributed by atoms with E-state index in [0.29, 0.717) is 12.0 Å². The van der Waals surface area contributed by atoms with Gasteiger partial charge >= 0.3 is 0 Å². The first-order valence-corrected chi connectivity index (χ1v) is 8.26. The minimum atomic E-state index is -0.0680. The van der Waals surface area contributed by atoms with Crippen LogP contribution in [0.2, 0.25) is 0 Å². The molecule has 118 valence electrons. The first-order valence-electron chi connectivity index (χ1n) is 8.26. The number of benzene rings is 1. The van der Waals surface area contributed by atoms with Gasteiger partial charge in [0.1, 0.15) is 5.82 Å². The van der Waals surface area contributed by atoms with E-state index in [1.54, 1.807) is 6.07 Å². The van der Waals surface area contributed by atoms with E-state index in [1.807, 2.05) is 19.2 Å². The first-order chi connectivity index (χ1) is 10.1. The Balaban J connectivity index is 2.12. The molecule has 1 aliphatic rings. The smallest absolute Gasteiger partial charge is 0.127 e. The Bertz CT molecular complexity index is 439. The van der Waals surface area contributed by atoms with E-state index < -0.39 is 0 Å². The average molecular weight is 292 g/mol. The molecule has 1 aromatic rings. The molecule has 0 bridgehead atoms. The second-order valence-electron chi connectivity index (χ2n) is 6.72. The van der Waals surface area contributed by atoms with Gasteiger partial charge in [0.2, 0.25) is 0 Å². The van der Waals surface area contributed by atoms with Crippen molar-refractivity contribution in [2.75, 3.05) is 13.6 Å². The van der Waals surface area contributed by atoms with Crippen molar-refractivity contribution < 1.29 is 4.39 Å². The van der Waals surface area contributed by atoms with E-state index in [4.69, 9.17) is 0 Å². The molecule has 2 rings (SSSR count). The summed E-state index contributed by atoms with van der Waals surface area (Å²) in [6.45, 7) is 7.08. The van der Waals surface area contributed by atoms with Gasteiger partial charge in [-0.1, -0.05) is 38.8 Å². The van der Waals surface area contributed by atoms with Gasteiger partial charge in [-0.2, -0.15) is 0 Å². The van der Waals surface area contributed by atoms with E-state index in [2.05, 4.69) is 24.1 Å². The van der Waals surface area contributed by atoms with Gasteiger partial charge in [-0.15, -0.1) is 0 Å². The lowest BCUT2D eigenvalue weighted by Gasteiger charge is -2.30. The molecule has 0 heterocycles. The van der Waals surface area contributed by atoms with Crippen LogP contribution in [0.25, 0.3) is 0 Å². The van der Waals surface area contributed by atoms with Gasteiger partial charge in [-0.3, -0.25) is 4.90 Å². The third kappa shape index (κ3) is 4.79. The van der Waals surface area contributed by atoms with Crippen molar-refractivity contribution in [1.82, 2.24) is 10.2 Å². The largest absolute Gasteiger partial charge is 0.316 e. The fourth-order valence-corrected chi connectivity index (χ4v) is 3.36. The molecule has 0 radical (unpaired) electrons. The van der Waals surface area contributed by atoms with Crippen LogP contribution in [0.1, 0.15) is 50.7 Å². The fourth-order valence-electron chi connectivity index (χ4n) is 3.36. The van der Waals surface area contributed by atoms with Crippen molar-refractivity contribution in [1.29, 1.82) is 0 Å². The summed E-state index contributed by atoms with van der Waals surface area (Å²) in [6.07, 6.45) is 5.18. The minimum Gasteiger partial charge on any atom is -0.316 e. The zero-order valence-corrected chi connectivity index (χ0v) is 13.7. The Kier molecular flexibility index (Phi) is 6.19. The van der Waals surface area contributed by atoms with Gasteiger partial charge in [0.15, 0.2) is 0 Å². The van der Waals surface area contributed by atoms with Crippen molar-refractivity contribution in [3.63, 3.8) is 0 Å². The Hall–Kier alpha value is -0.930. The predicted octanol–water partition coefficient (Wildman–Crippen LogP) is 3.95. The Labute approximate surface area is 128 Å². The topological polar surface area (TPSA) is 15.3 Å². The van der Waals surface area contributed by atoms with E-state index in [0.717, 1.165) is 30.8 Å². The van der Waals surface area contributed by atoms with Crippen LogP contribution in [-0.4, -0.2) is 24.5 Å². The minimum absolute atomic E-state index is 0.0680. The van der Waals surface area contributed by atoms with E-state index in [9.17, 15) is 4.39 Å². The molecule has 0 spiro atoms. The van der Waals surface area contributed by atoms with Gasteiger partial charge in [0.25, 0.3) is 0 Å². The second kappa shape index (κ2) is 7.90. The van der Waals surface area contributed by atoms with Gasteiger partial charge in [0, 0.05) is 31.2 Å². The maximum Gasteiger partial charge on any atom is 0.127 e. The normalized spacial score (nSPS) is 16.3. The molecule has 0 amide bonds. The quantitative estimate of drug-likeness (QED) is 0.818. The second-order valence-corrected chi connectivity index (χ2v) is 6.72. The summed E-state index contributed by atoms with van der Waals surface area (Å²) >= 11 is 0. The van der Waals surface area contributed by atoms with Crippen LogP contribution in [0.4, 0.5) is 4.39 Å². The summed E-state index contributed by atoms with van der Waals surface area (Å²) in [4.78, 5) is 2.50. The molecule has 1 aromatic carbocycles. The Morgan fingerprint density at radius 2 is 2.00 bits per heavy atom. The van der Waals surface area contributed by atoms with Gasteiger partial charge in [0.05, 0.1) is 0 Å². The molecule has 1 saturated carbocycles. The maximum atomic E-state index is 14.1. The van der Waals surface area contributed by atoms with Gasteiger partial charge in [-0.25, -0.2) is 4.39 Å². The summed E-state index contributed by atoms with van der Waals surface area (Å²) < 4.78 is 14.1. The lowest BCUT2D eigenvalue weighted by Crippen LogP contribution is -2.36. The monoisotopic (exact) mass is 292 g/mol. The van der Waals surface area contributed by atoms with Crippen LogP contribution < -0.4 is 5.32 Å². The molecule has 0 unspecified atom stereocenters. The summed E-state index contributed by atoms with van der Waals surface area (Å²) in [5, 5.41) is 3.14. The first kappa shape index (κ1) is 16.4. The van der Waals surface area contributed by atoms with Crippen molar-refractivity contribution in [2.24, 2.45) is 5.92 Å². The predicted molar refractivity (Wildman–Crippen MR) is 86.7 cm³/mol. The van der Waals surface area contributed by atoms with Crippen molar-refractivity contribution >= 4 is 0 Å². The molecule has 3 heteroatoms.